The fourth-order valence-corrected chi connectivity index (χ4v) is 5.73. The molecule has 0 unspecified atom stereocenters. The number of para-hydroxylation sites is 2. The molecule has 0 aromatic heterocycles. The van der Waals surface area contributed by atoms with Crippen molar-refractivity contribution in [1.29, 1.82) is 0 Å². The third kappa shape index (κ3) is 3.12. The maximum absolute atomic E-state index is 13.6. The monoisotopic (exact) mass is 420 g/mol. The second-order valence-corrected chi connectivity index (χ2v) is 8.74. The molecule has 2 aliphatic heterocycles. The molecule has 0 spiro atoms. The fourth-order valence-electron chi connectivity index (χ4n) is 5.73. The van der Waals surface area contributed by atoms with E-state index in [2.05, 4.69) is 0 Å². The van der Waals surface area contributed by atoms with Gasteiger partial charge in [-0.1, -0.05) is 43.2 Å². The lowest BCUT2D eigenvalue weighted by molar-refractivity contribution is -0.154. The molecule has 1 aliphatic carbocycles. The van der Waals surface area contributed by atoms with Gasteiger partial charge < -0.3 is 19.6 Å². The normalized spacial score (nSPS) is 24.9. The Labute approximate surface area is 182 Å². The van der Waals surface area contributed by atoms with Gasteiger partial charge in [0.25, 0.3) is 5.91 Å². The van der Waals surface area contributed by atoms with Crippen molar-refractivity contribution in [1.82, 2.24) is 4.90 Å². The first-order chi connectivity index (χ1) is 15.2. The number of aliphatic hydroxyl groups excluding tert-OH is 1. The van der Waals surface area contributed by atoms with Crippen LogP contribution in [0.25, 0.3) is 0 Å². The standard InChI is InChI=1S/C25H28N2O4/c1-31-22-13-7-5-11-18(22)25(30)26-14-20-23(17-10-4-6-12-19(17)26)21(15-28)27(20)24(29)16-8-2-3-9-16/h4-7,10-13,16,20-21,23,28H,2-3,8-9,14-15H2,1H3/t20-,21-,23+/m0/s1. The first-order valence-corrected chi connectivity index (χ1v) is 11.1. The smallest absolute Gasteiger partial charge is 0.262 e. The van der Waals surface area contributed by atoms with Crippen LogP contribution in [-0.2, 0) is 4.79 Å². The van der Waals surface area contributed by atoms with Gasteiger partial charge >= 0.3 is 0 Å². The van der Waals surface area contributed by atoms with E-state index < -0.39 is 0 Å². The van der Waals surface area contributed by atoms with E-state index in [1.54, 1.807) is 24.1 Å². The van der Waals surface area contributed by atoms with E-state index >= 15 is 0 Å². The molecule has 2 fully saturated rings. The molecule has 0 bridgehead atoms. The van der Waals surface area contributed by atoms with E-state index in [0.717, 1.165) is 36.9 Å². The minimum atomic E-state index is -0.220. The minimum absolute atomic E-state index is 0.0468. The van der Waals surface area contributed by atoms with E-state index in [0.29, 0.717) is 17.9 Å². The molecule has 3 atom stereocenters. The Morgan fingerprint density at radius 2 is 1.77 bits per heavy atom. The van der Waals surface area contributed by atoms with Crippen LogP contribution in [0.5, 0.6) is 5.75 Å². The van der Waals surface area contributed by atoms with Crippen LogP contribution in [0.15, 0.2) is 48.5 Å². The number of hydrogen-bond donors (Lipinski definition) is 1. The maximum atomic E-state index is 13.6. The van der Waals surface area contributed by atoms with Crippen LogP contribution in [-0.4, -0.2) is 54.2 Å². The van der Waals surface area contributed by atoms with Crippen LogP contribution in [0.3, 0.4) is 0 Å². The van der Waals surface area contributed by atoms with Crippen molar-refractivity contribution in [3.8, 4) is 5.75 Å². The van der Waals surface area contributed by atoms with Crippen molar-refractivity contribution in [3.05, 3.63) is 59.7 Å². The summed E-state index contributed by atoms with van der Waals surface area (Å²) in [5.74, 6) is 0.637. The van der Waals surface area contributed by atoms with Crippen LogP contribution in [0.4, 0.5) is 5.69 Å². The van der Waals surface area contributed by atoms with Crippen molar-refractivity contribution < 1.29 is 19.4 Å². The van der Waals surface area contributed by atoms with Gasteiger partial charge in [-0.2, -0.15) is 0 Å². The van der Waals surface area contributed by atoms with Crippen molar-refractivity contribution >= 4 is 17.5 Å². The molecule has 2 heterocycles. The third-order valence-electron chi connectivity index (χ3n) is 7.23. The van der Waals surface area contributed by atoms with Gasteiger partial charge in [0.15, 0.2) is 0 Å². The Hall–Kier alpha value is -2.86. The van der Waals surface area contributed by atoms with Gasteiger partial charge in [-0.05, 0) is 36.6 Å². The first kappa shape index (κ1) is 20.1. The predicted octanol–water partition coefficient (Wildman–Crippen LogP) is 3.20. The summed E-state index contributed by atoms with van der Waals surface area (Å²) in [5, 5.41) is 10.1. The molecule has 162 valence electrons. The van der Waals surface area contributed by atoms with Crippen LogP contribution in [0.1, 0.15) is 47.5 Å². The van der Waals surface area contributed by atoms with Gasteiger partial charge in [-0.25, -0.2) is 0 Å². The van der Waals surface area contributed by atoms with Gasteiger partial charge in [0.1, 0.15) is 5.75 Å². The molecule has 2 amide bonds. The quantitative estimate of drug-likeness (QED) is 0.825. The molecular formula is C25H28N2O4. The molecule has 1 saturated carbocycles. The summed E-state index contributed by atoms with van der Waals surface area (Å²) in [6.45, 7) is 0.363. The van der Waals surface area contributed by atoms with Gasteiger partial charge in [-0.15, -0.1) is 0 Å². The summed E-state index contributed by atoms with van der Waals surface area (Å²) in [4.78, 5) is 30.5. The van der Waals surface area contributed by atoms with Gasteiger partial charge in [-0.3, -0.25) is 9.59 Å². The van der Waals surface area contributed by atoms with E-state index in [9.17, 15) is 14.7 Å². The number of amides is 2. The predicted molar refractivity (Wildman–Crippen MR) is 117 cm³/mol. The lowest BCUT2D eigenvalue weighted by Crippen LogP contribution is -2.71. The fraction of sp³-hybridized carbons (Fsp3) is 0.440. The molecule has 6 nitrogen and oxygen atoms in total. The van der Waals surface area contributed by atoms with Gasteiger partial charge in [0, 0.05) is 24.1 Å². The number of carbonyl (C=O) groups excluding carboxylic acids is 2. The van der Waals surface area contributed by atoms with Crippen molar-refractivity contribution in [2.24, 2.45) is 5.92 Å². The van der Waals surface area contributed by atoms with Crippen LogP contribution in [0.2, 0.25) is 0 Å². The summed E-state index contributed by atoms with van der Waals surface area (Å²) in [7, 11) is 1.56. The summed E-state index contributed by atoms with van der Waals surface area (Å²) in [6, 6.07) is 14.8. The molecule has 2 aromatic carbocycles. The molecule has 2 aromatic rings. The average molecular weight is 421 g/mol. The number of ether oxygens (including phenoxy) is 1. The Morgan fingerprint density at radius 1 is 1.06 bits per heavy atom. The third-order valence-corrected chi connectivity index (χ3v) is 7.23. The largest absolute Gasteiger partial charge is 0.496 e. The minimum Gasteiger partial charge on any atom is -0.496 e. The van der Waals surface area contributed by atoms with Crippen LogP contribution >= 0.6 is 0 Å². The summed E-state index contributed by atoms with van der Waals surface area (Å²) >= 11 is 0. The second kappa shape index (κ2) is 8.00. The van der Waals surface area contributed by atoms with Crippen molar-refractivity contribution in [2.75, 3.05) is 25.2 Å². The SMILES string of the molecule is COc1ccccc1C(=O)N1C[C@H]2[C@@H](c3ccccc31)[C@H](CO)N2C(=O)C1CCCC1. The zero-order chi connectivity index (χ0) is 21.5. The molecule has 3 aliphatic rings. The second-order valence-electron chi connectivity index (χ2n) is 8.74. The number of benzene rings is 2. The van der Waals surface area contributed by atoms with E-state index in [4.69, 9.17) is 4.74 Å². The van der Waals surface area contributed by atoms with Crippen molar-refractivity contribution in [3.63, 3.8) is 0 Å². The highest BCUT2D eigenvalue weighted by molar-refractivity contribution is 6.09. The number of fused-ring (bicyclic) bond motifs is 3. The number of anilines is 1. The number of carbonyl (C=O) groups is 2. The Balaban J connectivity index is 1.52. The Kier molecular flexibility index (Phi) is 5.18. The lowest BCUT2D eigenvalue weighted by Gasteiger charge is -2.59. The highest BCUT2D eigenvalue weighted by Crippen LogP contribution is 2.49. The van der Waals surface area contributed by atoms with E-state index in [-0.39, 0.29) is 42.3 Å². The molecule has 31 heavy (non-hydrogen) atoms. The number of methoxy groups -OCH3 is 1. The topological polar surface area (TPSA) is 70.1 Å². The Bertz CT molecular complexity index is 1000. The molecule has 1 saturated heterocycles. The number of aliphatic hydroxyl groups is 1. The summed E-state index contributed by atoms with van der Waals surface area (Å²) in [6.07, 6.45) is 4.02. The molecule has 0 radical (unpaired) electrons. The van der Waals surface area contributed by atoms with Crippen LogP contribution < -0.4 is 9.64 Å². The molecule has 5 rings (SSSR count). The zero-order valence-corrected chi connectivity index (χ0v) is 17.7. The van der Waals surface area contributed by atoms with E-state index in [1.807, 2.05) is 41.3 Å². The van der Waals surface area contributed by atoms with Gasteiger partial charge in [0.2, 0.25) is 5.91 Å². The number of rotatable bonds is 4. The highest BCUT2D eigenvalue weighted by atomic mass is 16.5. The maximum Gasteiger partial charge on any atom is 0.262 e. The number of nitrogens with zero attached hydrogens (tertiary/aromatic N) is 2. The summed E-state index contributed by atoms with van der Waals surface area (Å²) < 4.78 is 5.42. The van der Waals surface area contributed by atoms with Crippen molar-refractivity contribution in [2.45, 2.75) is 43.7 Å². The number of hydrogen-bond acceptors (Lipinski definition) is 4. The lowest BCUT2D eigenvalue weighted by atomic mass is 9.71. The molecule has 1 N–H and O–H groups in total. The zero-order valence-electron chi connectivity index (χ0n) is 17.7. The molecular weight excluding hydrogens is 392 g/mol. The highest BCUT2D eigenvalue weighted by Gasteiger charge is 2.56. The van der Waals surface area contributed by atoms with E-state index in [1.165, 1.54) is 0 Å². The first-order valence-electron chi connectivity index (χ1n) is 11.1. The summed E-state index contributed by atoms with van der Waals surface area (Å²) in [5.41, 5.74) is 2.38. The number of likely N-dealkylation sites (tertiary alicyclic amines) is 1. The molecule has 6 heteroatoms. The van der Waals surface area contributed by atoms with Gasteiger partial charge in [0.05, 0.1) is 31.4 Å². The average Bonchev–Trinajstić information content (AvgIpc) is 3.34. The Morgan fingerprint density at radius 3 is 2.52 bits per heavy atom. The van der Waals surface area contributed by atoms with Crippen LogP contribution in [0, 0.1) is 5.92 Å².